The molecule has 3 aromatic carbocycles. The normalized spacial score (nSPS) is 20.4. The predicted octanol–water partition coefficient (Wildman–Crippen LogP) is 6.68. The number of anilines is 1. The fraction of sp³-hybridized carbons (Fsp3) is 0.258. The van der Waals surface area contributed by atoms with Crippen molar-refractivity contribution < 1.29 is 19.4 Å². The zero-order chi connectivity index (χ0) is 26.7. The molecule has 6 rings (SSSR count). The van der Waals surface area contributed by atoms with Gasteiger partial charge < -0.3 is 9.84 Å². The molecule has 192 valence electrons. The van der Waals surface area contributed by atoms with Crippen molar-refractivity contribution in [1.29, 1.82) is 0 Å². The highest BCUT2D eigenvalue weighted by Crippen LogP contribution is 2.45. The summed E-state index contributed by atoms with van der Waals surface area (Å²) in [5.41, 5.74) is 5.26. The molecule has 4 aromatic rings. The number of thiazole rings is 1. The summed E-state index contributed by atoms with van der Waals surface area (Å²) < 4.78 is 6.74. The van der Waals surface area contributed by atoms with Gasteiger partial charge in [0, 0.05) is 12.0 Å². The summed E-state index contributed by atoms with van der Waals surface area (Å²) in [6.45, 7) is 8.22. The lowest BCUT2D eigenvalue weighted by Crippen LogP contribution is -2.29. The van der Waals surface area contributed by atoms with Gasteiger partial charge in [0.05, 0.1) is 21.8 Å². The fourth-order valence-corrected chi connectivity index (χ4v) is 6.35. The van der Waals surface area contributed by atoms with Crippen LogP contribution in [0.1, 0.15) is 60.5 Å². The first kappa shape index (κ1) is 24.4. The molecule has 1 fully saturated rings. The van der Waals surface area contributed by atoms with Gasteiger partial charge in [-0.2, -0.15) is 0 Å². The van der Waals surface area contributed by atoms with E-state index in [2.05, 4.69) is 13.8 Å². The van der Waals surface area contributed by atoms with E-state index < -0.39 is 17.7 Å². The van der Waals surface area contributed by atoms with Crippen LogP contribution < -0.4 is 9.64 Å². The van der Waals surface area contributed by atoms with E-state index in [0.717, 1.165) is 44.6 Å². The van der Waals surface area contributed by atoms with Crippen LogP contribution in [0.25, 0.3) is 16.0 Å². The zero-order valence-corrected chi connectivity index (χ0v) is 22.5. The largest absolute Gasteiger partial charge is 0.507 e. The van der Waals surface area contributed by atoms with Gasteiger partial charge in [-0.3, -0.25) is 14.5 Å². The third kappa shape index (κ3) is 3.98. The van der Waals surface area contributed by atoms with Crippen molar-refractivity contribution >= 4 is 44.1 Å². The summed E-state index contributed by atoms with van der Waals surface area (Å²) in [6, 6.07) is 18.4. The maximum Gasteiger partial charge on any atom is 0.301 e. The molecule has 1 aromatic heterocycles. The van der Waals surface area contributed by atoms with Crippen molar-refractivity contribution in [2.24, 2.45) is 0 Å². The topological polar surface area (TPSA) is 79.7 Å². The van der Waals surface area contributed by atoms with Gasteiger partial charge in [0.25, 0.3) is 5.78 Å². The van der Waals surface area contributed by atoms with Crippen molar-refractivity contribution in [3.63, 3.8) is 0 Å². The SMILES string of the molecule is Cc1ccc2nc(N3C(=O)C(=O)C(=C(O)c4ccc5c(c4)C[C@H](C)O5)[C@H]3c3ccc(C(C)C)cc3)sc2c1. The summed E-state index contributed by atoms with van der Waals surface area (Å²) in [7, 11) is 0. The molecule has 0 saturated carbocycles. The molecule has 3 heterocycles. The molecule has 0 bridgehead atoms. The molecule has 2 aliphatic rings. The molecule has 6 nitrogen and oxygen atoms in total. The average molecular weight is 525 g/mol. The lowest BCUT2D eigenvalue weighted by Gasteiger charge is -2.23. The molecule has 7 heteroatoms. The highest BCUT2D eigenvalue weighted by Gasteiger charge is 2.48. The van der Waals surface area contributed by atoms with Crippen molar-refractivity contribution in [1.82, 2.24) is 4.98 Å². The Hall–Kier alpha value is -3.97. The Balaban J connectivity index is 1.53. The van der Waals surface area contributed by atoms with E-state index in [0.29, 0.717) is 16.6 Å². The van der Waals surface area contributed by atoms with E-state index >= 15 is 0 Å². The maximum atomic E-state index is 13.6. The second kappa shape index (κ2) is 9.10. The number of hydrogen-bond donors (Lipinski definition) is 1. The maximum absolute atomic E-state index is 13.6. The molecule has 0 unspecified atom stereocenters. The molecule has 2 atom stereocenters. The van der Waals surface area contributed by atoms with Crippen LogP contribution in [-0.4, -0.2) is 27.9 Å². The van der Waals surface area contributed by atoms with Crippen LogP contribution in [0.3, 0.4) is 0 Å². The average Bonchev–Trinajstić information content (AvgIpc) is 3.55. The highest BCUT2D eigenvalue weighted by molar-refractivity contribution is 7.22. The second-order valence-corrected chi connectivity index (χ2v) is 11.4. The number of aliphatic hydroxyl groups excluding tert-OH is 1. The molecule has 2 aliphatic heterocycles. The van der Waals surface area contributed by atoms with Crippen LogP contribution in [0.2, 0.25) is 0 Å². The van der Waals surface area contributed by atoms with Crippen LogP contribution in [0.4, 0.5) is 5.13 Å². The minimum Gasteiger partial charge on any atom is -0.507 e. The van der Waals surface area contributed by atoms with Gasteiger partial charge in [-0.05, 0) is 72.4 Å². The van der Waals surface area contributed by atoms with Gasteiger partial charge in [0.2, 0.25) is 0 Å². The summed E-state index contributed by atoms with van der Waals surface area (Å²) in [6.07, 6.45) is 0.769. The Labute approximate surface area is 225 Å². The molecule has 0 spiro atoms. The fourth-order valence-electron chi connectivity index (χ4n) is 5.26. The Morgan fingerprint density at radius 2 is 1.84 bits per heavy atom. The van der Waals surface area contributed by atoms with E-state index in [4.69, 9.17) is 9.72 Å². The number of hydrogen-bond acceptors (Lipinski definition) is 6. The zero-order valence-electron chi connectivity index (χ0n) is 21.7. The van der Waals surface area contributed by atoms with Crippen molar-refractivity contribution in [2.45, 2.75) is 52.2 Å². The first-order chi connectivity index (χ1) is 18.2. The standard InChI is InChI=1S/C31H28N2O4S/c1-16(2)19-6-8-20(9-7-19)27-26(28(34)21-10-12-24-22(15-21)14-18(4)37-24)29(35)30(36)33(27)31-32-23-11-5-17(3)13-25(23)38-31/h5-13,15-16,18,27,34H,14H2,1-4H3/t18-,27+/m0/s1. The monoisotopic (exact) mass is 524 g/mol. The molecule has 0 radical (unpaired) electrons. The first-order valence-corrected chi connectivity index (χ1v) is 13.6. The van der Waals surface area contributed by atoms with E-state index in [-0.39, 0.29) is 17.4 Å². The molecule has 38 heavy (non-hydrogen) atoms. The second-order valence-electron chi connectivity index (χ2n) is 10.4. The summed E-state index contributed by atoms with van der Waals surface area (Å²) >= 11 is 1.37. The van der Waals surface area contributed by atoms with Gasteiger partial charge in [0.1, 0.15) is 17.6 Å². The molecule has 0 aliphatic carbocycles. The number of Topliss-reactive ketones (excluding diaryl/α,β-unsaturated/α-hetero) is 1. The number of ether oxygens (including phenoxy) is 1. The first-order valence-electron chi connectivity index (χ1n) is 12.8. The van der Waals surface area contributed by atoms with Crippen LogP contribution >= 0.6 is 11.3 Å². The number of aliphatic hydroxyl groups is 1. The number of ketones is 1. The number of benzene rings is 3. The van der Waals surface area contributed by atoms with E-state index in [1.807, 2.05) is 68.4 Å². The number of aryl methyl sites for hydroxylation is 1. The van der Waals surface area contributed by atoms with Crippen molar-refractivity contribution in [3.8, 4) is 5.75 Å². The lowest BCUT2D eigenvalue weighted by atomic mass is 9.93. The molecule has 1 saturated heterocycles. The Morgan fingerprint density at radius 3 is 2.58 bits per heavy atom. The number of nitrogens with zero attached hydrogens (tertiary/aromatic N) is 2. The van der Waals surface area contributed by atoms with E-state index in [1.165, 1.54) is 16.2 Å². The third-order valence-corrected chi connectivity index (χ3v) is 8.29. The third-order valence-electron chi connectivity index (χ3n) is 7.27. The smallest absolute Gasteiger partial charge is 0.301 e. The summed E-state index contributed by atoms with van der Waals surface area (Å²) in [5, 5.41) is 12.0. The van der Waals surface area contributed by atoms with Crippen LogP contribution in [0, 0.1) is 6.92 Å². The molecule has 1 N–H and O–H groups in total. The Bertz CT molecular complexity index is 1630. The van der Waals surface area contributed by atoms with Gasteiger partial charge in [-0.15, -0.1) is 0 Å². The van der Waals surface area contributed by atoms with Gasteiger partial charge in [-0.25, -0.2) is 4.98 Å². The van der Waals surface area contributed by atoms with Crippen molar-refractivity contribution in [3.05, 3.63) is 94.1 Å². The van der Waals surface area contributed by atoms with Crippen molar-refractivity contribution in [2.75, 3.05) is 4.90 Å². The molecular formula is C31H28N2O4S. The van der Waals surface area contributed by atoms with Crippen LogP contribution in [0.15, 0.2) is 66.2 Å². The number of rotatable bonds is 4. The van der Waals surface area contributed by atoms with Gasteiger partial charge in [0.15, 0.2) is 5.13 Å². The number of carbonyl (C=O) groups is 2. The highest BCUT2D eigenvalue weighted by atomic mass is 32.1. The molecular weight excluding hydrogens is 496 g/mol. The number of carbonyl (C=O) groups excluding carboxylic acids is 2. The van der Waals surface area contributed by atoms with E-state index in [1.54, 1.807) is 6.07 Å². The molecule has 1 amide bonds. The van der Waals surface area contributed by atoms with E-state index in [9.17, 15) is 14.7 Å². The Morgan fingerprint density at radius 1 is 1.08 bits per heavy atom. The van der Waals surface area contributed by atoms with Gasteiger partial charge >= 0.3 is 5.91 Å². The number of aromatic nitrogens is 1. The Kier molecular flexibility index (Phi) is 5.83. The van der Waals surface area contributed by atoms with Gasteiger partial charge in [-0.1, -0.05) is 55.5 Å². The summed E-state index contributed by atoms with van der Waals surface area (Å²) in [5.74, 6) is -0.499. The lowest BCUT2D eigenvalue weighted by molar-refractivity contribution is -0.132. The van der Waals surface area contributed by atoms with Crippen LogP contribution in [0.5, 0.6) is 5.75 Å². The minimum absolute atomic E-state index is 0.0510. The number of amides is 1. The predicted molar refractivity (Wildman–Crippen MR) is 150 cm³/mol. The minimum atomic E-state index is -0.804. The quantitative estimate of drug-likeness (QED) is 0.183. The van der Waals surface area contributed by atoms with Crippen LogP contribution in [-0.2, 0) is 16.0 Å². The number of fused-ring (bicyclic) bond motifs is 2. The summed E-state index contributed by atoms with van der Waals surface area (Å²) in [4.78, 5) is 33.3.